The monoisotopic (exact) mass is 354 g/mol. The number of amides is 1. The van der Waals surface area contributed by atoms with Crippen molar-refractivity contribution in [1.82, 2.24) is 4.90 Å². The highest BCUT2D eigenvalue weighted by Crippen LogP contribution is 2.22. The standard InChI is InChI=1S/C20H26N4O2/c1-26-17-7-8-18(20(21)25)19(15-17)22-9-10-23-11-13-24(14-12-23)16-5-3-2-4-6-16/h2-8,15,22H,9-14H2,1H3,(H2,21,25). The number of ether oxygens (including phenoxy) is 1. The van der Waals surface area contributed by atoms with Crippen molar-refractivity contribution in [3.63, 3.8) is 0 Å². The molecular weight excluding hydrogens is 328 g/mol. The van der Waals surface area contributed by atoms with Gasteiger partial charge in [0.1, 0.15) is 5.75 Å². The number of carbonyl (C=O) groups is 1. The zero-order valence-corrected chi connectivity index (χ0v) is 15.1. The van der Waals surface area contributed by atoms with Crippen LogP contribution in [0, 0.1) is 0 Å². The minimum Gasteiger partial charge on any atom is -0.497 e. The van der Waals surface area contributed by atoms with Gasteiger partial charge < -0.3 is 20.7 Å². The SMILES string of the molecule is COc1ccc(C(N)=O)c(NCCN2CCN(c3ccccc3)CC2)c1. The molecule has 2 aromatic carbocycles. The zero-order valence-electron chi connectivity index (χ0n) is 15.1. The minimum absolute atomic E-state index is 0.438. The van der Waals surface area contributed by atoms with Crippen LogP contribution in [0.1, 0.15) is 10.4 Å². The number of anilines is 2. The molecule has 6 nitrogen and oxygen atoms in total. The number of nitrogens with two attached hydrogens (primary N) is 1. The van der Waals surface area contributed by atoms with Crippen molar-refractivity contribution >= 4 is 17.3 Å². The highest BCUT2D eigenvalue weighted by molar-refractivity contribution is 5.98. The van der Waals surface area contributed by atoms with Gasteiger partial charge >= 0.3 is 0 Å². The van der Waals surface area contributed by atoms with E-state index in [0.717, 1.165) is 45.0 Å². The van der Waals surface area contributed by atoms with Gasteiger partial charge in [-0.05, 0) is 24.3 Å². The summed E-state index contributed by atoms with van der Waals surface area (Å²) in [6, 6.07) is 15.8. The number of methoxy groups -OCH3 is 1. The molecule has 6 heteroatoms. The van der Waals surface area contributed by atoms with Crippen LogP contribution in [0.2, 0.25) is 0 Å². The Morgan fingerprint density at radius 1 is 1.12 bits per heavy atom. The number of benzene rings is 2. The van der Waals surface area contributed by atoms with Crippen LogP contribution in [0.25, 0.3) is 0 Å². The molecule has 0 unspecified atom stereocenters. The molecule has 3 N–H and O–H groups in total. The topological polar surface area (TPSA) is 70.8 Å². The molecule has 1 heterocycles. The number of piperazine rings is 1. The Hall–Kier alpha value is -2.73. The molecule has 1 aliphatic heterocycles. The van der Waals surface area contributed by atoms with Crippen LogP contribution >= 0.6 is 0 Å². The molecule has 0 atom stereocenters. The second-order valence-corrected chi connectivity index (χ2v) is 6.37. The van der Waals surface area contributed by atoms with Gasteiger partial charge in [-0.25, -0.2) is 0 Å². The fraction of sp³-hybridized carbons (Fsp3) is 0.350. The molecule has 1 saturated heterocycles. The van der Waals surface area contributed by atoms with E-state index in [2.05, 4.69) is 39.4 Å². The molecule has 138 valence electrons. The molecule has 1 aliphatic rings. The molecular formula is C20H26N4O2. The first-order chi connectivity index (χ1) is 12.7. The highest BCUT2D eigenvalue weighted by Gasteiger charge is 2.17. The first-order valence-electron chi connectivity index (χ1n) is 8.91. The van der Waals surface area contributed by atoms with Crippen molar-refractivity contribution < 1.29 is 9.53 Å². The van der Waals surface area contributed by atoms with Gasteiger partial charge in [0.25, 0.3) is 5.91 Å². The van der Waals surface area contributed by atoms with Crippen LogP contribution in [0.15, 0.2) is 48.5 Å². The second kappa shape index (κ2) is 8.58. The van der Waals surface area contributed by atoms with Crippen molar-refractivity contribution in [3.05, 3.63) is 54.1 Å². The van der Waals surface area contributed by atoms with Crippen molar-refractivity contribution in [2.45, 2.75) is 0 Å². The summed E-state index contributed by atoms with van der Waals surface area (Å²) in [5.74, 6) is 0.264. The number of carbonyl (C=O) groups excluding carboxylic acids is 1. The summed E-state index contributed by atoms with van der Waals surface area (Å²) in [6.07, 6.45) is 0. The van der Waals surface area contributed by atoms with Crippen molar-refractivity contribution in [1.29, 1.82) is 0 Å². The highest BCUT2D eigenvalue weighted by atomic mass is 16.5. The summed E-state index contributed by atoms with van der Waals surface area (Å²) in [5.41, 5.74) is 7.95. The average Bonchev–Trinajstić information content (AvgIpc) is 2.69. The zero-order chi connectivity index (χ0) is 18.4. The van der Waals surface area contributed by atoms with E-state index >= 15 is 0 Å². The Labute approximate surface area is 154 Å². The minimum atomic E-state index is -0.438. The maximum absolute atomic E-state index is 11.6. The molecule has 1 fully saturated rings. The third kappa shape index (κ3) is 4.46. The van der Waals surface area contributed by atoms with Gasteiger partial charge in [-0.2, -0.15) is 0 Å². The molecule has 0 bridgehead atoms. The van der Waals surface area contributed by atoms with Crippen LogP contribution in [-0.4, -0.2) is 57.2 Å². The third-order valence-corrected chi connectivity index (χ3v) is 4.73. The molecule has 3 rings (SSSR count). The largest absolute Gasteiger partial charge is 0.497 e. The van der Waals surface area contributed by atoms with E-state index in [1.54, 1.807) is 19.2 Å². The van der Waals surface area contributed by atoms with Gasteiger partial charge in [-0.1, -0.05) is 18.2 Å². The van der Waals surface area contributed by atoms with Crippen LogP contribution < -0.4 is 20.7 Å². The predicted octanol–water partition coefficient (Wildman–Crippen LogP) is 2.03. The fourth-order valence-electron chi connectivity index (χ4n) is 3.23. The Bertz CT molecular complexity index is 728. The van der Waals surface area contributed by atoms with Crippen molar-refractivity contribution in [3.8, 4) is 5.75 Å². The second-order valence-electron chi connectivity index (χ2n) is 6.37. The summed E-state index contributed by atoms with van der Waals surface area (Å²) in [7, 11) is 1.61. The number of hydrogen-bond donors (Lipinski definition) is 2. The van der Waals surface area contributed by atoms with Crippen molar-refractivity contribution in [2.24, 2.45) is 5.73 Å². The van der Waals surface area contributed by atoms with Crippen LogP contribution in [0.4, 0.5) is 11.4 Å². The van der Waals surface area contributed by atoms with Gasteiger partial charge in [0, 0.05) is 51.0 Å². The first-order valence-corrected chi connectivity index (χ1v) is 8.91. The van der Waals surface area contributed by atoms with Gasteiger partial charge in [0.05, 0.1) is 18.4 Å². The van der Waals surface area contributed by atoms with Crippen molar-refractivity contribution in [2.75, 3.05) is 56.6 Å². The fourth-order valence-corrected chi connectivity index (χ4v) is 3.23. The lowest BCUT2D eigenvalue weighted by Gasteiger charge is -2.36. The first kappa shape index (κ1) is 18.1. The number of para-hydroxylation sites is 1. The van der Waals surface area contributed by atoms with Gasteiger partial charge in [-0.15, -0.1) is 0 Å². The molecule has 2 aromatic rings. The predicted molar refractivity (Wildman–Crippen MR) is 105 cm³/mol. The Morgan fingerprint density at radius 2 is 1.85 bits per heavy atom. The third-order valence-electron chi connectivity index (χ3n) is 4.73. The van der Waals surface area contributed by atoms with Gasteiger partial charge in [0.15, 0.2) is 0 Å². The lowest BCUT2D eigenvalue weighted by Crippen LogP contribution is -2.47. The van der Waals surface area contributed by atoms with Gasteiger partial charge in [0.2, 0.25) is 0 Å². The molecule has 0 aromatic heterocycles. The molecule has 0 saturated carbocycles. The lowest BCUT2D eigenvalue weighted by molar-refractivity contribution is 0.100. The summed E-state index contributed by atoms with van der Waals surface area (Å²) in [4.78, 5) is 16.4. The lowest BCUT2D eigenvalue weighted by atomic mass is 10.1. The molecule has 26 heavy (non-hydrogen) atoms. The number of primary amides is 1. The Morgan fingerprint density at radius 3 is 2.50 bits per heavy atom. The van der Waals surface area contributed by atoms with E-state index < -0.39 is 5.91 Å². The van der Waals surface area contributed by atoms with E-state index in [1.807, 2.05) is 12.1 Å². The molecule has 0 radical (unpaired) electrons. The molecule has 1 amide bonds. The van der Waals surface area contributed by atoms with Gasteiger partial charge in [-0.3, -0.25) is 9.69 Å². The number of nitrogens with one attached hydrogen (secondary N) is 1. The van der Waals surface area contributed by atoms with E-state index in [9.17, 15) is 4.79 Å². The average molecular weight is 354 g/mol. The van der Waals surface area contributed by atoms with E-state index in [-0.39, 0.29) is 0 Å². The maximum atomic E-state index is 11.6. The van der Waals surface area contributed by atoms with Crippen LogP contribution in [0.3, 0.4) is 0 Å². The Balaban J connectivity index is 1.50. The number of nitrogens with zero attached hydrogens (tertiary/aromatic N) is 2. The molecule has 0 aliphatic carbocycles. The van der Waals surface area contributed by atoms with E-state index in [0.29, 0.717) is 11.3 Å². The summed E-state index contributed by atoms with van der Waals surface area (Å²) in [5, 5.41) is 3.32. The quantitative estimate of drug-likeness (QED) is 0.796. The maximum Gasteiger partial charge on any atom is 0.250 e. The van der Waals surface area contributed by atoms with E-state index in [1.165, 1.54) is 5.69 Å². The summed E-state index contributed by atoms with van der Waals surface area (Å²) >= 11 is 0. The number of rotatable bonds is 7. The van der Waals surface area contributed by atoms with E-state index in [4.69, 9.17) is 10.5 Å². The Kier molecular flexibility index (Phi) is 5.96. The number of hydrogen-bond acceptors (Lipinski definition) is 5. The smallest absolute Gasteiger partial charge is 0.250 e. The molecule has 0 spiro atoms. The van der Waals surface area contributed by atoms with Crippen LogP contribution in [0.5, 0.6) is 5.75 Å². The van der Waals surface area contributed by atoms with Crippen LogP contribution in [-0.2, 0) is 0 Å². The summed E-state index contributed by atoms with van der Waals surface area (Å²) < 4.78 is 5.23. The normalized spacial score (nSPS) is 14.9. The summed E-state index contributed by atoms with van der Waals surface area (Å²) in [6.45, 7) is 5.76.